The number of rotatable bonds is 6. The lowest BCUT2D eigenvalue weighted by Gasteiger charge is -2.25. The fourth-order valence-corrected chi connectivity index (χ4v) is 4.61. The summed E-state index contributed by atoms with van der Waals surface area (Å²) < 4.78 is 1.05. The average molecular weight is 436 g/mol. The smallest absolute Gasteiger partial charge is 0.315 e. The van der Waals surface area contributed by atoms with E-state index < -0.39 is 0 Å². The quantitative estimate of drug-likeness (QED) is 0.644. The van der Waals surface area contributed by atoms with Crippen LogP contribution in [-0.2, 0) is 4.79 Å². The Morgan fingerprint density at radius 3 is 2.70 bits per heavy atom. The van der Waals surface area contributed by atoms with Gasteiger partial charge in [0.15, 0.2) is 0 Å². The molecule has 0 aromatic heterocycles. The first-order valence-corrected chi connectivity index (χ1v) is 11.0. The fraction of sp³-hybridized carbons (Fsp3) is 0.619. The van der Waals surface area contributed by atoms with Gasteiger partial charge in [-0.25, -0.2) is 4.79 Å². The summed E-state index contributed by atoms with van der Waals surface area (Å²) in [6.07, 6.45) is 9.07. The number of nitrogens with zero attached hydrogens (tertiary/aromatic N) is 1. The Morgan fingerprint density at radius 1 is 1.11 bits per heavy atom. The summed E-state index contributed by atoms with van der Waals surface area (Å²) in [5.74, 6) is 0.187. The molecule has 1 aliphatic heterocycles. The van der Waals surface area contributed by atoms with Crippen LogP contribution >= 0.6 is 15.9 Å². The molecule has 27 heavy (non-hydrogen) atoms. The molecule has 0 radical (unpaired) electrons. The molecule has 1 saturated carbocycles. The third-order valence-electron chi connectivity index (χ3n) is 5.60. The van der Waals surface area contributed by atoms with Gasteiger partial charge in [-0.15, -0.1) is 0 Å². The van der Waals surface area contributed by atoms with Crippen molar-refractivity contribution in [2.75, 3.05) is 13.1 Å². The summed E-state index contributed by atoms with van der Waals surface area (Å²) in [5, 5.41) is 5.95. The molecule has 1 heterocycles. The van der Waals surface area contributed by atoms with E-state index in [1.165, 1.54) is 24.8 Å². The summed E-state index contributed by atoms with van der Waals surface area (Å²) in [6, 6.07) is 8.63. The average Bonchev–Trinajstić information content (AvgIpc) is 3.16. The lowest BCUT2D eigenvalue weighted by molar-refractivity contribution is -0.132. The van der Waals surface area contributed by atoms with E-state index in [2.05, 4.69) is 38.7 Å². The van der Waals surface area contributed by atoms with E-state index >= 15 is 0 Å². The maximum absolute atomic E-state index is 12.7. The predicted molar refractivity (Wildman–Crippen MR) is 110 cm³/mol. The van der Waals surface area contributed by atoms with Crippen molar-refractivity contribution in [1.82, 2.24) is 15.5 Å². The van der Waals surface area contributed by atoms with Crippen LogP contribution in [0.1, 0.15) is 69.4 Å². The van der Waals surface area contributed by atoms with Crippen LogP contribution in [0.5, 0.6) is 0 Å². The van der Waals surface area contributed by atoms with E-state index in [1.54, 1.807) is 0 Å². The largest absolute Gasteiger partial charge is 0.338 e. The standard InChI is InChI=1S/C21H30BrN3O2/c22-17-8-4-7-16(15-17)19-11-6-14-25(19)20(26)12-5-13-23-21(27)24-18-9-2-1-3-10-18/h4,7-8,15,18-19H,1-3,5-6,9-14H2,(H2,23,24,27). The Hall–Kier alpha value is -1.56. The minimum absolute atomic E-state index is 0.0949. The van der Waals surface area contributed by atoms with Crippen molar-refractivity contribution in [3.05, 3.63) is 34.3 Å². The van der Waals surface area contributed by atoms with E-state index in [0.29, 0.717) is 25.4 Å². The number of hydrogen-bond donors (Lipinski definition) is 2. The van der Waals surface area contributed by atoms with Crippen LogP contribution in [-0.4, -0.2) is 36.0 Å². The second-order valence-electron chi connectivity index (χ2n) is 7.64. The van der Waals surface area contributed by atoms with Gasteiger partial charge in [0, 0.05) is 30.0 Å². The summed E-state index contributed by atoms with van der Waals surface area (Å²) in [5.41, 5.74) is 1.19. The second-order valence-corrected chi connectivity index (χ2v) is 8.55. The first-order chi connectivity index (χ1) is 13.1. The Kier molecular flexibility index (Phi) is 7.56. The molecule has 148 valence electrons. The van der Waals surface area contributed by atoms with Crippen LogP contribution in [0.4, 0.5) is 4.79 Å². The van der Waals surface area contributed by atoms with Crippen molar-refractivity contribution in [2.45, 2.75) is 69.9 Å². The summed E-state index contributed by atoms with van der Waals surface area (Å²) in [4.78, 5) is 26.6. The van der Waals surface area contributed by atoms with Gasteiger partial charge in [-0.1, -0.05) is 47.3 Å². The van der Waals surface area contributed by atoms with Gasteiger partial charge in [-0.05, 0) is 49.8 Å². The maximum Gasteiger partial charge on any atom is 0.315 e. The molecule has 3 rings (SSSR count). The van der Waals surface area contributed by atoms with Crippen LogP contribution in [0.3, 0.4) is 0 Å². The lowest BCUT2D eigenvalue weighted by Crippen LogP contribution is -2.43. The second kappa shape index (κ2) is 10.1. The van der Waals surface area contributed by atoms with E-state index in [0.717, 1.165) is 36.7 Å². The number of carbonyl (C=O) groups is 2. The van der Waals surface area contributed by atoms with Gasteiger partial charge in [-0.3, -0.25) is 4.79 Å². The molecule has 5 nitrogen and oxygen atoms in total. The van der Waals surface area contributed by atoms with Crippen LogP contribution in [0.25, 0.3) is 0 Å². The normalized spacial score (nSPS) is 20.5. The van der Waals surface area contributed by atoms with Gasteiger partial charge in [0.1, 0.15) is 0 Å². The minimum atomic E-state index is -0.0949. The highest BCUT2D eigenvalue weighted by Crippen LogP contribution is 2.33. The summed E-state index contributed by atoms with van der Waals surface area (Å²) >= 11 is 3.52. The molecule has 1 unspecified atom stereocenters. The predicted octanol–water partition coefficient (Wildman–Crippen LogP) is 4.52. The van der Waals surface area contributed by atoms with Crippen molar-refractivity contribution in [3.8, 4) is 0 Å². The molecule has 1 atom stereocenters. The monoisotopic (exact) mass is 435 g/mol. The van der Waals surface area contributed by atoms with Crippen LogP contribution < -0.4 is 10.6 Å². The molecule has 2 fully saturated rings. The van der Waals surface area contributed by atoms with Crippen molar-refractivity contribution in [1.29, 1.82) is 0 Å². The Labute approximate surface area is 170 Å². The fourth-order valence-electron chi connectivity index (χ4n) is 4.19. The zero-order valence-electron chi connectivity index (χ0n) is 15.9. The number of urea groups is 1. The Morgan fingerprint density at radius 2 is 1.93 bits per heavy atom. The highest BCUT2D eigenvalue weighted by Gasteiger charge is 2.29. The number of amides is 3. The number of benzene rings is 1. The van der Waals surface area contributed by atoms with Gasteiger partial charge in [-0.2, -0.15) is 0 Å². The van der Waals surface area contributed by atoms with Crippen LogP contribution in [0.15, 0.2) is 28.7 Å². The number of hydrogen-bond acceptors (Lipinski definition) is 2. The number of likely N-dealkylation sites (tertiary alicyclic amines) is 1. The van der Waals surface area contributed by atoms with Gasteiger partial charge in [0.25, 0.3) is 0 Å². The molecule has 1 aromatic carbocycles. The van der Waals surface area contributed by atoms with Crippen molar-refractivity contribution >= 4 is 27.9 Å². The van der Waals surface area contributed by atoms with Crippen molar-refractivity contribution < 1.29 is 9.59 Å². The van der Waals surface area contributed by atoms with E-state index in [4.69, 9.17) is 0 Å². The molecule has 2 aliphatic rings. The SMILES string of the molecule is O=C(NCCCC(=O)N1CCCC1c1cccc(Br)c1)NC1CCCCC1. The van der Waals surface area contributed by atoms with Crippen molar-refractivity contribution in [2.24, 2.45) is 0 Å². The highest BCUT2D eigenvalue weighted by molar-refractivity contribution is 9.10. The molecule has 3 amide bonds. The molecular weight excluding hydrogens is 406 g/mol. The molecule has 0 spiro atoms. The van der Waals surface area contributed by atoms with E-state index in [9.17, 15) is 9.59 Å². The van der Waals surface area contributed by atoms with E-state index in [1.807, 2.05) is 17.0 Å². The Balaban J connectivity index is 1.39. The first-order valence-electron chi connectivity index (χ1n) is 10.2. The maximum atomic E-state index is 12.7. The molecule has 1 aromatic rings. The number of nitrogens with one attached hydrogen (secondary N) is 2. The molecule has 2 N–H and O–H groups in total. The first kappa shape index (κ1) is 20.2. The number of carbonyl (C=O) groups excluding carboxylic acids is 2. The van der Waals surface area contributed by atoms with Crippen LogP contribution in [0.2, 0.25) is 0 Å². The molecular formula is C21H30BrN3O2. The minimum Gasteiger partial charge on any atom is -0.338 e. The molecule has 6 heteroatoms. The van der Waals surface area contributed by atoms with Gasteiger partial charge < -0.3 is 15.5 Å². The number of halogens is 1. The summed E-state index contributed by atoms with van der Waals surface area (Å²) in [7, 11) is 0. The third-order valence-corrected chi connectivity index (χ3v) is 6.09. The Bertz CT molecular complexity index is 646. The van der Waals surface area contributed by atoms with Gasteiger partial charge >= 0.3 is 6.03 Å². The summed E-state index contributed by atoms with van der Waals surface area (Å²) in [6.45, 7) is 1.37. The zero-order valence-corrected chi connectivity index (χ0v) is 17.5. The van der Waals surface area contributed by atoms with E-state index in [-0.39, 0.29) is 18.0 Å². The molecule has 1 saturated heterocycles. The zero-order chi connectivity index (χ0) is 19.1. The molecule has 0 bridgehead atoms. The van der Waals surface area contributed by atoms with Gasteiger partial charge in [0.2, 0.25) is 5.91 Å². The van der Waals surface area contributed by atoms with Crippen LogP contribution in [0, 0.1) is 0 Å². The lowest BCUT2D eigenvalue weighted by atomic mass is 9.96. The molecule has 1 aliphatic carbocycles. The van der Waals surface area contributed by atoms with Gasteiger partial charge in [0.05, 0.1) is 6.04 Å². The third kappa shape index (κ3) is 5.96. The van der Waals surface area contributed by atoms with Crippen molar-refractivity contribution in [3.63, 3.8) is 0 Å². The highest BCUT2D eigenvalue weighted by atomic mass is 79.9. The topological polar surface area (TPSA) is 61.4 Å².